The Balaban J connectivity index is 1.58. The third-order valence-corrected chi connectivity index (χ3v) is 5.27. The molecule has 8 heteroatoms. The Labute approximate surface area is 176 Å². The van der Waals surface area contributed by atoms with Crippen molar-refractivity contribution in [1.82, 2.24) is 15.3 Å². The van der Waals surface area contributed by atoms with E-state index in [0.29, 0.717) is 31.0 Å². The Kier molecular flexibility index (Phi) is 7.73. The first-order chi connectivity index (χ1) is 14.6. The average Bonchev–Trinajstić information content (AvgIpc) is 2.77. The minimum absolute atomic E-state index is 0.0471. The SMILES string of the molecule is CCCO[C@H]1C[C@@H](C(=O)NCc2cccnc2)CC[C@@H]1Nc1ccc(C(N)=O)cn1. The summed E-state index contributed by atoms with van der Waals surface area (Å²) in [7, 11) is 0. The summed E-state index contributed by atoms with van der Waals surface area (Å²) in [5.74, 6) is 0.115. The molecule has 2 heterocycles. The lowest BCUT2D eigenvalue weighted by atomic mass is 9.83. The van der Waals surface area contributed by atoms with E-state index in [-0.39, 0.29) is 24.0 Å². The number of hydrogen-bond acceptors (Lipinski definition) is 6. The number of aromatic nitrogens is 2. The number of primary amides is 1. The molecule has 2 amide bonds. The maximum atomic E-state index is 12.7. The van der Waals surface area contributed by atoms with E-state index in [2.05, 4.69) is 27.5 Å². The highest BCUT2D eigenvalue weighted by Crippen LogP contribution is 2.29. The number of ether oxygens (including phenoxy) is 1. The monoisotopic (exact) mass is 411 g/mol. The largest absolute Gasteiger partial charge is 0.376 e. The standard InChI is InChI=1S/C22H29N5O3/c1-2-10-30-19-11-16(22(29)26-13-15-4-3-9-24-12-15)5-7-18(19)27-20-8-6-17(14-25-20)21(23)28/h3-4,6,8-9,12,14,16,18-19H,2,5,7,10-11,13H2,1H3,(H2,23,28)(H,25,27)(H,26,29)/t16-,18-,19-/m0/s1. The number of carbonyl (C=O) groups excluding carboxylic acids is 2. The molecule has 2 aromatic rings. The zero-order valence-electron chi connectivity index (χ0n) is 17.2. The van der Waals surface area contributed by atoms with Crippen molar-refractivity contribution in [2.24, 2.45) is 11.7 Å². The molecule has 0 aliphatic heterocycles. The Bertz CT molecular complexity index is 828. The number of nitrogens with zero attached hydrogens (tertiary/aromatic N) is 2. The van der Waals surface area contributed by atoms with Gasteiger partial charge in [0, 0.05) is 37.7 Å². The van der Waals surface area contributed by atoms with E-state index in [1.54, 1.807) is 24.5 Å². The molecule has 3 rings (SSSR count). The molecule has 160 valence electrons. The van der Waals surface area contributed by atoms with Gasteiger partial charge >= 0.3 is 0 Å². The van der Waals surface area contributed by atoms with Crippen molar-refractivity contribution in [3.05, 3.63) is 54.0 Å². The lowest BCUT2D eigenvalue weighted by Crippen LogP contribution is -2.45. The summed E-state index contributed by atoms with van der Waals surface area (Å²) in [4.78, 5) is 32.3. The minimum Gasteiger partial charge on any atom is -0.376 e. The molecule has 2 aromatic heterocycles. The maximum Gasteiger partial charge on any atom is 0.250 e. The number of anilines is 1. The van der Waals surface area contributed by atoms with Crippen LogP contribution in [0.2, 0.25) is 0 Å². The molecule has 0 unspecified atom stereocenters. The van der Waals surface area contributed by atoms with Gasteiger partial charge in [-0.05, 0) is 49.4 Å². The molecule has 3 atom stereocenters. The Morgan fingerprint density at radius 1 is 1.23 bits per heavy atom. The van der Waals surface area contributed by atoms with Crippen LogP contribution in [-0.2, 0) is 16.1 Å². The number of nitrogens with two attached hydrogens (primary N) is 1. The van der Waals surface area contributed by atoms with Crippen LogP contribution in [0.3, 0.4) is 0 Å². The van der Waals surface area contributed by atoms with Crippen LogP contribution < -0.4 is 16.4 Å². The molecule has 1 fully saturated rings. The third-order valence-electron chi connectivity index (χ3n) is 5.27. The molecule has 1 saturated carbocycles. The van der Waals surface area contributed by atoms with E-state index in [4.69, 9.17) is 10.5 Å². The number of carbonyl (C=O) groups is 2. The molecule has 0 aromatic carbocycles. The number of nitrogens with one attached hydrogen (secondary N) is 2. The molecule has 30 heavy (non-hydrogen) atoms. The lowest BCUT2D eigenvalue weighted by molar-refractivity contribution is -0.128. The highest BCUT2D eigenvalue weighted by Gasteiger charge is 2.34. The van der Waals surface area contributed by atoms with Gasteiger partial charge in [0.15, 0.2) is 0 Å². The van der Waals surface area contributed by atoms with Crippen LogP contribution in [0.4, 0.5) is 5.82 Å². The average molecular weight is 412 g/mol. The fourth-order valence-electron chi connectivity index (χ4n) is 3.64. The molecule has 8 nitrogen and oxygen atoms in total. The van der Waals surface area contributed by atoms with Gasteiger partial charge in [0.2, 0.25) is 11.8 Å². The summed E-state index contributed by atoms with van der Waals surface area (Å²) in [6, 6.07) is 7.24. The normalized spacial score (nSPS) is 21.0. The first-order valence-corrected chi connectivity index (χ1v) is 10.4. The quantitative estimate of drug-likeness (QED) is 0.582. The predicted molar refractivity (Wildman–Crippen MR) is 114 cm³/mol. The van der Waals surface area contributed by atoms with Crippen LogP contribution in [0.25, 0.3) is 0 Å². The molecular weight excluding hydrogens is 382 g/mol. The van der Waals surface area contributed by atoms with Crippen molar-refractivity contribution in [1.29, 1.82) is 0 Å². The van der Waals surface area contributed by atoms with Gasteiger partial charge in [-0.2, -0.15) is 0 Å². The fourth-order valence-corrected chi connectivity index (χ4v) is 3.64. The zero-order chi connectivity index (χ0) is 21.3. The second-order valence-electron chi connectivity index (χ2n) is 7.55. The summed E-state index contributed by atoms with van der Waals surface area (Å²) in [6.45, 7) is 3.18. The first kappa shape index (κ1) is 21.7. The smallest absolute Gasteiger partial charge is 0.250 e. The van der Waals surface area contributed by atoms with Crippen LogP contribution in [0.15, 0.2) is 42.9 Å². The van der Waals surface area contributed by atoms with Gasteiger partial charge in [0.1, 0.15) is 5.82 Å². The fraction of sp³-hybridized carbons (Fsp3) is 0.455. The summed E-state index contributed by atoms with van der Waals surface area (Å²) in [6.07, 6.45) is 7.95. The topological polar surface area (TPSA) is 119 Å². The van der Waals surface area contributed by atoms with Gasteiger partial charge in [-0.3, -0.25) is 14.6 Å². The molecule has 1 aliphatic carbocycles. The third kappa shape index (κ3) is 6.00. The highest BCUT2D eigenvalue weighted by molar-refractivity contribution is 5.92. The highest BCUT2D eigenvalue weighted by atomic mass is 16.5. The van der Waals surface area contributed by atoms with Crippen LogP contribution in [0.1, 0.15) is 48.5 Å². The van der Waals surface area contributed by atoms with Gasteiger partial charge < -0.3 is 21.1 Å². The molecule has 0 spiro atoms. The van der Waals surface area contributed by atoms with E-state index in [9.17, 15) is 9.59 Å². The second-order valence-corrected chi connectivity index (χ2v) is 7.55. The van der Waals surface area contributed by atoms with Gasteiger partial charge in [0.05, 0.1) is 17.7 Å². The van der Waals surface area contributed by atoms with E-state index in [1.165, 1.54) is 6.20 Å². The lowest BCUT2D eigenvalue weighted by Gasteiger charge is -2.36. The first-order valence-electron chi connectivity index (χ1n) is 10.4. The van der Waals surface area contributed by atoms with E-state index in [0.717, 1.165) is 24.8 Å². The molecule has 0 bridgehead atoms. The Hall–Kier alpha value is -3.00. The van der Waals surface area contributed by atoms with Crippen molar-refractivity contribution in [3.8, 4) is 0 Å². The van der Waals surface area contributed by atoms with Crippen molar-refractivity contribution in [2.75, 3.05) is 11.9 Å². The van der Waals surface area contributed by atoms with Crippen LogP contribution in [0.5, 0.6) is 0 Å². The van der Waals surface area contributed by atoms with Gasteiger partial charge in [0.25, 0.3) is 0 Å². The predicted octanol–water partition coefficient (Wildman–Crippen LogP) is 2.27. The van der Waals surface area contributed by atoms with Crippen LogP contribution >= 0.6 is 0 Å². The van der Waals surface area contributed by atoms with Crippen LogP contribution in [0, 0.1) is 5.92 Å². The van der Waals surface area contributed by atoms with Crippen molar-refractivity contribution in [3.63, 3.8) is 0 Å². The van der Waals surface area contributed by atoms with Gasteiger partial charge in [-0.15, -0.1) is 0 Å². The van der Waals surface area contributed by atoms with E-state index >= 15 is 0 Å². The summed E-state index contributed by atoms with van der Waals surface area (Å²) in [5, 5.41) is 6.41. The molecule has 0 radical (unpaired) electrons. The molecular formula is C22H29N5O3. The number of pyridine rings is 2. The van der Waals surface area contributed by atoms with E-state index < -0.39 is 5.91 Å². The van der Waals surface area contributed by atoms with Crippen molar-refractivity contribution >= 4 is 17.6 Å². The minimum atomic E-state index is -0.504. The zero-order valence-corrected chi connectivity index (χ0v) is 17.2. The maximum absolute atomic E-state index is 12.7. The molecule has 4 N–H and O–H groups in total. The summed E-state index contributed by atoms with van der Waals surface area (Å²) >= 11 is 0. The second kappa shape index (κ2) is 10.7. The molecule has 0 saturated heterocycles. The molecule has 1 aliphatic rings. The Morgan fingerprint density at radius 2 is 2.10 bits per heavy atom. The number of rotatable bonds is 9. The van der Waals surface area contributed by atoms with Crippen molar-refractivity contribution in [2.45, 2.75) is 51.3 Å². The summed E-state index contributed by atoms with van der Waals surface area (Å²) in [5.41, 5.74) is 6.62. The Morgan fingerprint density at radius 3 is 2.77 bits per heavy atom. The van der Waals surface area contributed by atoms with Gasteiger partial charge in [-0.25, -0.2) is 4.98 Å². The number of amides is 2. The van der Waals surface area contributed by atoms with Crippen LogP contribution in [-0.4, -0.2) is 40.5 Å². The van der Waals surface area contributed by atoms with Gasteiger partial charge in [-0.1, -0.05) is 13.0 Å². The van der Waals surface area contributed by atoms with E-state index in [1.807, 2.05) is 12.1 Å². The summed E-state index contributed by atoms with van der Waals surface area (Å²) < 4.78 is 6.07. The number of hydrogen-bond donors (Lipinski definition) is 3. The van der Waals surface area contributed by atoms with Crippen molar-refractivity contribution < 1.29 is 14.3 Å².